The second-order valence-electron chi connectivity index (χ2n) is 4.80. The molecule has 1 atom stereocenters. The Morgan fingerprint density at radius 1 is 1.42 bits per heavy atom. The summed E-state index contributed by atoms with van der Waals surface area (Å²) in [4.78, 5) is 12.0. The molecule has 0 bridgehead atoms. The summed E-state index contributed by atoms with van der Waals surface area (Å²) in [5.74, 6) is 0.0107. The van der Waals surface area contributed by atoms with Crippen molar-refractivity contribution in [3.05, 3.63) is 34.4 Å². The molecule has 1 rings (SSSR count). The van der Waals surface area contributed by atoms with Gasteiger partial charge in [0.05, 0.1) is 12.7 Å². The third kappa shape index (κ3) is 3.53. The molecule has 1 aromatic carbocycles. The largest absolute Gasteiger partial charge is 0.465 e. The molecule has 1 unspecified atom stereocenters. The van der Waals surface area contributed by atoms with Crippen LogP contribution in [0.4, 0.5) is 0 Å². The van der Waals surface area contributed by atoms with E-state index < -0.39 is 0 Å². The van der Waals surface area contributed by atoms with Crippen molar-refractivity contribution in [1.82, 2.24) is 0 Å². The second kappa shape index (κ2) is 6.66. The van der Waals surface area contributed by atoms with Gasteiger partial charge in [-0.2, -0.15) is 0 Å². The average molecular weight is 279 g/mol. The Balaban J connectivity index is 3.37. The highest BCUT2D eigenvalue weighted by atomic mass is 32.1. The van der Waals surface area contributed by atoms with Gasteiger partial charge in [0.2, 0.25) is 0 Å². The van der Waals surface area contributed by atoms with Gasteiger partial charge in [-0.1, -0.05) is 38.6 Å². The van der Waals surface area contributed by atoms with Gasteiger partial charge in [-0.05, 0) is 36.5 Å². The van der Waals surface area contributed by atoms with Crippen LogP contribution in [0, 0.1) is 6.92 Å². The summed E-state index contributed by atoms with van der Waals surface area (Å²) >= 11 is 5.10. The highest BCUT2D eigenvalue weighted by Gasteiger charge is 2.18. The summed E-state index contributed by atoms with van der Waals surface area (Å²) in [6.07, 6.45) is 2.16. The van der Waals surface area contributed by atoms with Gasteiger partial charge in [0.15, 0.2) is 0 Å². The van der Waals surface area contributed by atoms with E-state index in [1.54, 1.807) is 6.07 Å². The lowest BCUT2D eigenvalue weighted by atomic mass is 9.89. The smallest absolute Gasteiger partial charge is 0.338 e. The van der Waals surface area contributed by atoms with Crippen molar-refractivity contribution in [2.75, 3.05) is 7.11 Å². The highest BCUT2D eigenvalue weighted by Crippen LogP contribution is 2.27. The molecule has 0 fully saturated rings. The Morgan fingerprint density at radius 2 is 2.05 bits per heavy atom. The number of aryl methyl sites for hydroxylation is 1. The van der Waals surface area contributed by atoms with Crippen LogP contribution in [0.25, 0.3) is 0 Å². The number of esters is 1. The number of thiocarbonyl (C=S) groups is 1. The predicted molar refractivity (Wildman–Crippen MR) is 81.7 cm³/mol. The van der Waals surface area contributed by atoms with Gasteiger partial charge in [0, 0.05) is 5.56 Å². The highest BCUT2D eigenvalue weighted by molar-refractivity contribution is 7.80. The lowest BCUT2D eigenvalue weighted by molar-refractivity contribution is 0.0600. The number of hydrogen-bond donors (Lipinski definition) is 1. The molecule has 0 radical (unpaired) electrons. The van der Waals surface area contributed by atoms with E-state index in [9.17, 15) is 4.79 Å². The summed E-state index contributed by atoms with van der Waals surface area (Å²) in [6, 6.07) is 3.76. The van der Waals surface area contributed by atoms with E-state index in [2.05, 4.69) is 13.8 Å². The summed E-state index contributed by atoms with van der Waals surface area (Å²) in [5.41, 5.74) is 9.10. The van der Waals surface area contributed by atoms with Crippen LogP contribution in [0.5, 0.6) is 0 Å². The Morgan fingerprint density at radius 3 is 2.53 bits per heavy atom. The molecular weight excluding hydrogens is 258 g/mol. The van der Waals surface area contributed by atoms with Gasteiger partial charge >= 0.3 is 5.97 Å². The van der Waals surface area contributed by atoms with Gasteiger partial charge in [0.25, 0.3) is 0 Å². The van der Waals surface area contributed by atoms with Crippen LogP contribution in [0.3, 0.4) is 0 Å². The van der Waals surface area contributed by atoms with E-state index in [-0.39, 0.29) is 5.97 Å². The molecule has 0 heterocycles. The topological polar surface area (TPSA) is 52.3 Å². The lowest BCUT2D eigenvalue weighted by Crippen LogP contribution is -2.16. The van der Waals surface area contributed by atoms with Crippen molar-refractivity contribution < 1.29 is 9.53 Å². The number of nitrogens with two attached hydrogens (primary N) is 1. The number of rotatable bonds is 5. The average Bonchev–Trinajstić information content (AvgIpc) is 2.37. The van der Waals surface area contributed by atoms with Gasteiger partial charge in [-0.3, -0.25) is 0 Å². The van der Waals surface area contributed by atoms with Gasteiger partial charge < -0.3 is 10.5 Å². The molecule has 0 saturated heterocycles. The zero-order valence-electron chi connectivity index (χ0n) is 11.9. The van der Waals surface area contributed by atoms with Crippen LogP contribution < -0.4 is 5.73 Å². The molecule has 0 aliphatic heterocycles. The molecule has 4 heteroatoms. The number of methoxy groups -OCH3 is 1. The molecule has 0 spiro atoms. The van der Waals surface area contributed by atoms with Crippen molar-refractivity contribution in [3.63, 3.8) is 0 Å². The van der Waals surface area contributed by atoms with Crippen LogP contribution in [0.15, 0.2) is 12.1 Å². The number of benzene rings is 1. The first-order valence-electron chi connectivity index (χ1n) is 6.45. The van der Waals surface area contributed by atoms with Crippen molar-refractivity contribution in [1.29, 1.82) is 0 Å². The zero-order chi connectivity index (χ0) is 14.6. The Kier molecular flexibility index (Phi) is 5.48. The minimum atomic E-state index is -0.357. The van der Waals surface area contributed by atoms with E-state index in [4.69, 9.17) is 22.7 Å². The first-order valence-corrected chi connectivity index (χ1v) is 6.85. The van der Waals surface area contributed by atoms with Crippen LogP contribution in [0.1, 0.15) is 59.7 Å². The quantitative estimate of drug-likeness (QED) is 0.663. The van der Waals surface area contributed by atoms with Crippen molar-refractivity contribution >= 4 is 23.2 Å². The van der Waals surface area contributed by atoms with Crippen molar-refractivity contribution in [2.24, 2.45) is 5.73 Å². The fourth-order valence-corrected chi connectivity index (χ4v) is 2.45. The lowest BCUT2D eigenvalue weighted by Gasteiger charge is -2.18. The minimum Gasteiger partial charge on any atom is -0.465 e. The number of hydrogen-bond acceptors (Lipinski definition) is 3. The minimum absolute atomic E-state index is 0.322. The third-order valence-corrected chi connectivity index (χ3v) is 3.54. The van der Waals surface area contributed by atoms with E-state index in [1.165, 1.54) is 7.11 Å². The van der Waals surface area contributed by atoms with Crippen LogP contribution in [0.2, 0.25) is 0 Å². The maximum Gasteiger partial charge on any atom is 0.338 e. The summed E-state index contributed by atoms with van der Waals surface area (Å²) < 4.78 is 4.78. The van der Waals surface area contributed by atoms with Crippen LogP contribution >= 0.6 is 12.2 Å². The standard InChI is InChI=1S/C15H21NO2S/c1-5-6-9(2)11-7-10(3)12(15(17)18-4)8-13(11)14(16)19/h7-9H,5-6H2,1-4H3,(H2,16,19). The number of carbonyl (C=O) groups is 1. The van der Waals surface area contributed by atoms with Gasteiger partial charge in [-0.25, -0.2) is 4.79 Å². The fraction of sp³-hybridized carbons (Fsp3) is 0.467. The molecule has 2 N–H and O–H groups in total. The molecule has 0 aliphatic rings. The normalized spacial score (nSPS) is 12.0. The molecule has 0 amide bonds. The maximum atomic E-state index is 11.7. The Labute approximate surface area is 120 Å². The zero-order valence-corrected chi connectivity index (χ0v) is 12.8. The van der Waals surface area contributed by atoms with E-state index in [0.717, 1.165) is 29.5 Å². The molecule has 0 aromatic heterocycles. The van der Waals surface area contributed by atoms with Crippen molar-refractivity contribution in [3.8, 4) is 0 Å². The SMILES string of the molecule is CCCC(C)c1cc(C)c(C(=O)OC)cc1C(N)=S. The first kappa shape index (κ1) is 15.6. The number of carbonyl (C=O) groups excluding carboxylic acids is 1. The van der Waals surface area contributed by atoms with Crippen LogP contribution in [-0.4, -0.2) is 18.1 Å². The Hall–Kier alpha value is -1.42. The maximum absolute atomic E-state index is 11.7. The molecule has 1 aromatic rings. The van der Waals surface area contributed by atoms with E-state index in [0.29, 0.717) is 16.5 Å². The summed E-state index contributed by atoms with van der Waals surface area (Å²) in [6.45, 7) is 6.20. The molecule has 0 saturated carbocycles. The summed E-state index contributed by atoms with van der Waals surface area (Å²) in [7, 11) is 1.37. The molecular formula is C15H21NO2S. The Bertz CT molecular complexity index is 497. The number of ether oxygens (including phenoxy) is 1. The molecule has 104 valence electrons. The van der Waals surface area contributed by atoms with Crippen molar-refractivity contribution in [2.45, 2.75) is 39.5 Å². The monoisotopic (exact) mass is 279 g/mol. The van der Waals surface area contributed by atoms with Gasteiger partial charge in [0.1, 0.15) is 4.99 Å². The van der Waals surface area contributed by atoms with E-state index >= 15 is 0 Å². The second-order valence-corrected chi connectivity index (χ2v) is 5.24. The van der Waals surface area contributed by atoms with Gasteiger partial charge in [-0.15, -0.1) is 0 Å². The fourth-order valence-electron chi connectivity index (χ4n) is 2.27. The van der Waals surface area contributed by atoms with Crippen LogP contribution in [-0.2, 0) is 4.74 Å². The predicted octanol–water partition coefficient (Wildman–Crippen LogP) is 3.32. The summed E-state index contributed by atoms with van der Waals surface area (Å²) in [5, 5.41) is 0. The molecule has 3 nitrogen and oxygen atoms in total. The molecule has 19 heavy (non-hydrogen) atoms. The third-order valence-electron chi connectivity index (χ3n) is 3.32. The van der Waals surface area contributed by atoms with E-state index in [1.807, 2.05) is 13.0 Å². The molecule has 0 aliphatic carbocycles. The first-order chi connectivity index (χ1) is 8.92.